The fraction of sp³-hybridized carbons (Fsp3) is 0.600. The monoisotopic (exact) mass is 301 g/mol. The van der Waals surface area contributed by atoms with Crippen LogP contribution in [0, 0.1) is 0 Å². The number of nitrogens with zero attached hydrogens (tertiary/aromatic N) is 1. The first-order valence-electron chi connectivity index (χ1n) is 7.15. The summed E-state index contributed by atoms with van der Waals surface area (Å²) in [6.07, 6.45) is -0.135. The van der Waals surface area contributed by atoms with E-state index in [9.17, 15) is 13.2 Å². The summed E-state index contributed by atoms with van der Waals surface area (Å²) < 4.78 is 46.0. The zero-order valence-corrected chi connectivity index (χ0v) is 11.8. The van der Waals surface area contributed by atoms with Gasteiger partial charge in [-0.2, -0.15) is 0 Å². The Kier molecular flexibility index (Phi) is 3.73. The molecule has 0 spiro atoms. The van der Waals surface area contributed by atoms with Crippen molar-refractivity contribution < 1.29 is 22.6 Å². The fourth-order valence-electron chi connectivity index (χ4n) is 3.37. The molecule has 3 nitrogen and oxygen atoms in total. The van der Waals surface area contributed by atoms with Crippen LogP contribution in [-0.4, -0.2) is 36.5 Å². The minimum Gasteiger partial charge on any atom is -0.490 e. The van der Waals surface area contributed by atoms with Gasteiger partial charge in [-0.15, -0.1) is 13.2 Å². The zero-order valence-electron chi connectivity index (χ0n) is 11.8. The smallest absolute Gasteiger partial charge is 0.490 e. The van der Waals surface area contributed by atoms with Crippen LogP contribution in [0.3, 0.4) is 0 Å². The van der Waals surface area contributed by atoms with E-state index < -0.39 is 6.36 Å². The Labute approximate surface area is 121 Å². The first kappa shape index (κ1) is 14.5. The summed E-state index contributed by atoms with van der Waals surface area (Å²) in [7, 11) is 2.15. The van der Waals surface area contributed by atoms with Crippen LogP contribution in [-0.2, 0) is 0 Å². The molecule has 1 aromatic carbocycles. The number of benzene rings is 1. The van der Waals surface area contributed by atoms with Crippen LogP contribution in [0.5, 0.6) is 11.5 Å². The fourth-order valence-corrected chi connectivity index (χ4v) is 3.37. The Hall–Kier alpha value is -1.43. The molecule has 0 radical (unpaired) electrons. The third-order valence-corrected chi connectivity index (χ3v) is 4.42. The minimum absolute atomic E-state index is 0.146. The summed E-state index contributed by atoms with van der Waals surface area (Å²) >= 11 is 0. The first-order valence-corrected chi connectivity index (χ1v) is 7.15. The summed E-state index contributed by atoms with van der Waals surface area (Å²) in [5, 5.41) is 0. The van der Waals surface area contributed by atoms with Crippen molar-refractivity contribution in [1.82, 2.24) is 4.90 Å². The number of halogens is 3. The van der Waals surface area contributed by atoms with Crippen molar-refractivity contribution in [3.05, 3.63) is 24.3 Å². The molecule has 21 heavy (non-hydrogen) atoms. The number of hydrogen-bond acceptors (Lipinski definition) is 3. The molecule has 1 unspecified atom stereocenters. The highest BCUT2D eigenvalue weighted by molar-refractivity contribution is 5.31. The maximum absolute atomic E-state index is 12.1. The molecule has 0 amide bonds. The van der Waals surface area contributed by atoms with Crippen molar-refractivity contribution in [2.24, 2.45) is 0 Å². The van der Waals surface area contributed by atoms with Gasteiger partial charge in [-0.05, 0) is 57.0 Å². The summed E-state index contributed by atoms with van der Waals surface area (Å²) in [4.78, 5) is 2.42. The van der Waals surface area contributed by atoms with Gasteiger partial charge in [0.1, 0.15) is 17.6 Å². The zero-order chi connectivity index (χ0) is 15.0. The second-order valence-electron chi connectivity index (χ2n) is 5.78. The normalized spacial score (nSPS) is 29.4. The van der Waals surface area contributed by atoms with Crippen LogP contribution in [0.4, 0.5) is 13.2 Å². The van der Waals surface area contributed by atoms with E-state index in [1.807, 2.05) is 0 Å². The van der Waals surface area contributed by atoms with E-state index in [0.29, 0.717) is 17.8 Å². The molecule has 0 saturated carbocycles. The predicted octanol–water partition coefficient (Wildman–Crippen LogP) is 3.59. The van der Waals surface area contributed by atoms with Crippen molar-refractivity contribution >= 4 is 0 Å². The van der Waals surface area contributed by atoms with Crippen LogP contribution in [0.25, 0.3) is 0 Å². The molecule has 0 aromatic heterocycles. The van der Waals surface area contributed by atoms with E-state index in [2.05, 4.69) is 16.7 Å². The lowest BCUT2D eigenvalue weighted by molar-refractivity contribution is -0.274. The number of piperidine rings is 1. The molecule has 3 rings (SSSR count). The molecular formula is C15H18F3NO2. The van der Waals surface area contributed by atoms with E-state index in [4.69, 9.17) is 4.74 Å². The Bertz CT molecular complexity index is 475. The molecule has 3 atom stereocenters. The van der Waals surface area contributed by atoms with Crippen LogP contribution >= 0.6 is 0 Å². The van der Waals surface area contributed by atoms with Gasteiger partial charge >= 0.3 is 6.36 Å². The Morgan fingerprint density at radius 3 is 2.05 bits per heavy atom. The van der Waals surface area contributed by atoms with E-state index in [1.54, 1.807) is 0 Å². The van der Waals surface area contributed by atoms with Gasteiger partial charge in [-0.1, -0.05) is 0 Å². The molecule has 6 heteroatoms. The number of ether oxygens (including phenoxy) is 2. The quantitative estimate of drug-likeness (QED) is 0.851. The Morgan fingerprint density at radius 2 is 1.52 bits per heavy atom. The Balaban J connectivity index is 1.59. The second kappa shape index (κ2) is 5.40. The second-order valence-corrected chi connectivity index (χ2v) is 5.78. The van der Waals surface area contributed by atoms with Gasteiger partial charge < -0.3 is 14.4 Å². The van der Waals surface area contributed by atoms with Gasteiger partial charge in [0.15, 0.2) is 0 Å². The van der Waals surface area contributed by atoms with E-state index in [0.717, 1.165) is 12.8 Å². The van der Waals surface area contributed by atoms with Crippen LogP contribution in [0.1, 0.15) is 25.7 Å². The lowest BCUT2D eigenvalue weighted by Gasteiger charge is -2.36. The van der Waals surface area contributed by atoms with Crippen molar-refractivity contribution in [2.75, 3.05) is 7.05 Å². The highest BCUT2D eigenvalue weighted by Gasteiger charge is 2.39. The summed E-state index contributed by atoms with van der Waals surface area (Å²) in [5.41, 5.74) is 0. The van der Waals surface area contributed by atoms with Crippen molar-refractivity contribution in [3.63, 3.8) is 0 Å². The van der Waals surface area contributed by atoms with E-state index >= 15 is 0 Å². The SMILES string of the molecule is CN1[C@@H]2CC[C@H]1CC(Oc1ccc(OC(F)(F)F)cc1)C2. The molecular weight excluding hydrogens is 283 g/mol. The molecule has 116 valence electrons. The third kappa shape index (κ3) is 3.43. The lowest BCUT2D eigenvalue weighted by Crippen LogP contribution is -2.43. The number of rotatable bonds is 3. The molecule has 2 aliphatic rings. The lowest BCUT2D eigenvalue weighted by atomic mass is 10.0. The predicted molar refractivity (Wildman–Crippen MR) is 71.3 cm³/mol. The topological polar surface area (TPSA) is 21.7 Å². The van der Waals surface area contributed by atoms with Gasteiger partial charge in [0.25, 0.3) is 0 Å². The average molecular weight is 301 g/mol. The van der Waals surface area contributed by atoms with Gasteiger partial charge in [0.05, 0.1) is 0 Å². The van der Waals surface area contributed by atoms with Crippen molar-refractivity contribution in [3.8, 4) is 11.5 Å². The van der Waals surface area contributed by atoms with Crippen molar-refractivity contribution in [1.29, 1.82) is 0 Å². The molecule has 2 aliphatic heterocycles. The Morgan fingerprint density at radius 1 is 1.00 bits per heavy atom. The summed E-state index contributed by atoms with van der Waals surface area (Å²) in [6.45, 7) is 0. The van der Waals surface area contributed by atoms with E-state index in [1.165, 1.54) is 37.1 Å². The summed E-state index contributed by atoms with van der Waals surface area (Å²) in [6, 6.07) is 6.77. The van der Waals surface area contributed by atoms with Crippen LogP contribution < -0.4 is 9.47 Å². The minimum atomic E-state index is -4.66. The molecule has 2 bridgehead atoms. The molecule has 2 fully saturated rings. The van der Waals surface area contributed by atoms with E-state index in [-0.39, 0.29) is 11.9 Å². The largest absolute Gasteiger partial charge is 0.573 e. The average Bonchev–Trinajstić information content (AvgIpc) is 2.62. The maximum Gasteiger partial charge on any atom is 0.573 e. The third-order valence-electron chi connectivity index (χ3n) is 4.42. The van der Waals surface area contributed by atoms with Gasteiger partial charge in [-0.25, -0.2) is 0 Å². The molecule has 0 N–H and O–H groups in total. The standard InChI is InChI=1S/C15H18F3NO2/c1-19-10-2-3-11(19)9-14(8-10)20-12-4-6-13(7-5-12)21-15(16,17)18/h4-7,10-11,14H,2-3,8-9H2,1H3/t10-,11+,14?. The molecule has 1 aromatic rings. The number of fused-ring (bicyclic) bond motifs is 2. The number of hydrogen-bond donors (Lipinski definition) is 0. The van der Waals surface area contributed by atoms with Crippen LogP contribution in [0.15, 0.2) is 24.3 Å². The highest BCUT2D eigenvalue weighted by atomic mass is 19.4. The number of alkyl halides is 3. The van der Waals surface area contributed by atoms with Gasteiger partial charge in [-0.3, -0.25) is 0 Å². The summed E-state index contributed by atoms with van der Waals surface area (Å²) in [5.74, 6) is 0.372. The van der Waals surface area contributed by atoms with Gasteiger partial charge in [0, 0.05) is 12.1 Å². The first-order chi connectivity index (χ1) is 9.90. The molecule has 2 saturated heterocycles. The van der Waals surface area contributed by atoms with Crippen LogP contribution in [0.2, 0.25) is 0 Å². The van der Waals surface area contributed by atoms with Crippen molar-refractivity contribution in [2.45, 2.75) is 50.2 Å². The molecule has 0 aliphatic carbocycles. The van der Waals surface area contributed by atoms with Gasteiger partial charge in [0.2, 0.25) is 0 Å². The molecule has 2 heterocycles. The highest BCUT2D eigenvalue weighted by Crippen LogP contribution is 2.36. The maximum atomic E-state index is 12.1.